The molecule has 1 aromatic rings. The Bertz CT molecular complexity index is 292. The van der Waals surface area contributed by atoms with Crippen LogP contribution in [0.1, 0.15) is 21.5 Å². The fourth-order valence-corrected chi connectivity index (χ4v) is 1.04. The quantitative estimate of drug-likeness (QED) is 0.584. The number of aliphatic hydroxyl groups excluding tert-OH is 1. The molecule has 0 aliphatic heterocycles. The van der Waals surface area contributed by atoms with Crippen LogP contribution in [0.15, 0.2) is 24.3 Å². The Kier molecular flexibility index (Phi) is 3.28. The number of aliphatic hydroxyl groups is 1. The second-order valence-electron chi connectivity index (χ2n) is 2.45. The van der Waals surface area contributed by atoms with Crippen LogP contribution in [-0.2, 0) is 4.74 Å². The highest BCUT2D eigenvalue weighted by atomic mass is 35.5. The Morgan fingerprint density at radius 1 is 1.46 bits per heavy atom. The van der Waals surface area contributed by atoms with Crippen molar-refractivity contribution in [3.05, 3.63) is 35.4 Å². The summed E-state index contributed by atoms with van der Waals surface area (Å²) >= 11 is 5.41. The molecule has 0 amide bonds. The van der Waals surface area contributed by atoms with E-state index in [0.717, 1.165) is 0 Å². The van der Waals surface area contributed by atoms with Crippen LogP contribution in [0.5, 0.6) is 0 Å². The van der Waals surface area contributed by atoms with Crippen molar-refractivity contribution in [3.8, 4) is 0 Å². The summed E-state index contributed by atoms with van der Waals surface area (Å²) in [6.45, 7) is 0. The minimum atomic E-state index is -1.04. The summed E-state index contributed by atoms with van der Waals surface area (Å²) in [7, 11) is 1.31. The molecule has 1 atom stereocenters. The average Bonchev–Trinajstić information content (AvgIpc) is 2.17. The second-order valence-corrected chi connectivity index (χ2v) is 2.86. The highest BCUT2D eigenvalue weighted by Crippen LogP contribution is 2.17. The van der Waals surface area contributed by atoms with Crippen LogP contribution < -0.4 is 0 Å². The first kappa shape index (κ1) is 10.0. The molecule has 0 radical (unpaired) electrons. The van der Waals surface area contributed by atoms with Crippen molar-refractivity contribution in [2.45, 2.75) is 5.56 Å². The van der Waals surface area contributed by atoms with Gasteiger partial charge in [0, 0.05) is 0 Å². The van der Waals surface area contributed by atoms with E-state index in [2.05, 4.69) is 4.74 Å². The monoisotopic (exact) mass is 200 g/mol. The highest BCUT2D eigenvalue weighted by molar-refractivity contribution is 6.19. The number of hydrogen-bond acceptors (Lipinski definition) is 3. The number of halogens is 1. The van der Waals surface area contributed by atoms with Crippen LogP contribution in [0.3, 0.4) is 0 Å². The summed E-state index contributed by atoms with van der Waals surface area (Å²) in [6, 6.07) is 6.24. The van der Waals surface area contributed by atoms with Crippen molar-refractivity contribution in [1.29, 1.82) is 0 Å². The number of carbonyl (C=O) groups is 1. The molecule has 1 N–H and O–H groups in total. The van der Waals surface area contributed by atoms with Gasteiger partial charge in [0.15, 0.2) is 5.56 Å². The summed E-state index contributed by atoms with van der Waals surface area (Å²) in [5, 5.41) is 8.96. The third-order valence-electron chi connectivity index (χ3n) is 1.61. The molecular formula is C9H9ClO3. The van der Waals surface area contributed by atoms with Crippen LogP contribution in [-0.4, -0.2) is 18.2 Å². The van der Waals surface area contributed by atoms with E-state index in [-0.39, 0.29) is 0 Å². The summed E-state index contributed by atoms with van der Waals surface area (Å²) < 4.78 is 4.50. The number of methoxy groups -OCH3 is 1. The molecule has 0 bridgehead atoms. The van der Waals surface area contributed by atoms with Crippen LogP contribution in [0.2, 0.25) is 0 Å². The zero-order chi connectivity index (χ0) is 9.84. The molecule has 3 nitrogen and oxygen atoms in total. The second kappa shape index (κ2) is 4.25. The van der Waals surface area contributed by atoms with Crippen molar-refractivity contribution >= 4 is 17.6 Å². The van der Waals surface area contributed by atoms with Crippen LogP contribution in [0, 0.1) is 0 Å². The minimum absolute atomic E-state index is 0.407. The summed E-state index contributed by atoms with van der Waals surface area (Å²) in [6.07, 6.45) is 0. The van der Waals surface area contributed by atoms with Gasteiger partial charge in [-0.3, -0.25) is 0 Å². The first-order chi connectivity index (χ1) is 6.15. The predicted molar refractivity (Wildman–Crippen MR) is 48.6 cm³/mol. The average molecular weight is 201 g/mol. The topological polar surface area (TPSA) is 46.5 Å². The van der Waals surface area contributed by atoms with Gasteiger partial charge < -0.3 is 9.84 Å². The minimum Gasteiger partial charge on any atom is -0.465 e. The molecule has 4 heteroatoms. The van der Waals surface area contributed by atoms with Gasteiger partial charge in [-0.25, -0.2) is 4.79 Å². The number of rotatable bonds is 2. The Balaban J connectivity index is 2.87. The fourth-order valence-electron chi connectivity index (χ4n) is 0.896. The largest absolute Gasteiger partial charge is 0.465 e. The van der Waals surface area contributed by atoms with Gasteiger partial charge in [-0.2, -0.15) is 0 Å². The Hall–Kier alpha value is -1.06. The number of hydrogen-bond donors (Lipinski definition) is 1. The maximum Gasteiger partial charge on any atom is 0.337 e. The van der Waals surface area contributed by atoms with E-state index in [1.807, 2.05) is 0 Å². The van der Waals surface area contributed by atoms with Gasteiger partial charge >= 0.3 is 5.97 Å². The Morgan fingerprint density at radius 2 is 2.00 bits per heavy atom. The van der Waals surface area contributed by atoms with E-state index in [0.29, 0.717) is 11.1 Å². The van der Waals surface area contributed by atoms with Crippen LogP contribution >= 0.6 is 11.6 Å². The molecular weight excluding hydrogens is 192 g/mol. The van der Waals surface area contributed by atoms with Crippen molar-refractivity contribution in [1.82, 2.24) is 0 Å². The van der Waals surface area contributed by atoms with E-state index >= 15 is 0 Å². The SMILES string of the molecule is COC(=O)c1ccc(C(O)Cl)cc1. The van der Waals surface area contributed by atoms with Crippen molar-refractivity contribution in [2.24, 2.45) is 0 Å². The van der Waals surface area contributed by atoms with E-state index < -0.39 is 11.5 Å². The molecule has 0 spiro atoms. The lowest BCUT2D eigenvalue weighted by Gasteiger charge is -2.03. The summed E-state index contributed by atoms with van der Waals surface area (Å²) in [5.41, 5.74) is -0.0513. The predicted octanol–water partition coefficient (Wildman–Crippen LogP) is 1.70. The molecule has 1 aromatic carbocycles. The number of benzene rings is 1. The molecule has 0 aromatic heterocycles. The molecule has 1 rings (SSSR count). The van der Waals surface area contributed by atoms with Crippen molar-refractivity contribution < 1.29 is 14.6 Å². The molecule has 1 unspecified atom stereocenters. The number of esters is 1. The summed E-state index contributed by atoms with van der Waals surface area (Å²) in [4.78, 5) is 11.0. The van der Waals surface area contributed by atoms with Gasteiger partial charge in [-0.05, 0) is 17.7 Å². The zero-order valence-electron chi connectivity index (χ0n) is 7.03. The maximum absolute atomic E-state index is 11.0. The highest BCUT2D eigenvalue weighted by Gasteiger charge is 2.06. The van der Waals surface area contributed by atoms with Gasteiger partial charge in [-0.1, -0.05) is 23.7 Å². The van der Waals surface area contributed by atoms with Gasteiger partial charge in [-0.15, -0.1) is 0 Å². The lowest BCUT2D eigenvalue weighted by atomic mass is 10.1. The molecule has 0 saturated carbocycles. The third-order valence-corrected chi connectivity index (χ3v) is 1.86. The van der Waals surface area contributed by atoms with Gasteiger partial charge in [0.05, 0.1) is 12.7 Å². The normalized spacial score (nSPS) is 12.2. The van der Waals surface area contributed by atoms with E-state index in [4.69, 9.17) is 16.7 Å². The zero-order valence-corrected chi connectivity index (χ0v) is 7.78. The lowest BCUT2D eigenvalue weighted by Crippen LogP contribution is -2.01. The standard InChI is InChI=1S/C9H9ClO3/c1-13-9(12)7-4-2-6(3-5-7)8(10)11/h2-5,8,11H,1H3. The number of ether oxygens (including phenoxy) is 1. The van der Waals surface area contributed by atoms with E-state index in [1.165, 1.54) is 7.11 Å². The number of carbonyl (C=O) groups excluding carboxylic acids is 1. The number of alkyl halides is 1. The molecule has 0 fully saturated rings. The summed E-state index contributed by atoms with van der Waals surface area (Å²) in [5.74, 6) is -0.407. The van der Waals surface area contributed by atoms with Crippen LogP contribution in [0.4, 0.5) is 0 Å². The third kappa shape index (κ3) is 2.44. The van der Waals surface area contributed by atoms with Gasteiger partial charge in [0.1, 0.15) is 0 Å². The van der Waals surface area contributed by atoms with Crippen LogP contribution in [0.25, 0.3) is 0 Å². The maximum atomic E-state index is 11.0. The van der Waals surface area contributed by atoms with Crippen molar-refractivity contribution in [3.63, 3.8) is 0 Å². The molecule has 0 aliphatic rings. The van der Waals surface area contributed by atoms with Crippen molar-refractivity contribution in [2.75, 3.05) is 7.11 Å². The molecule has 0 heterocycles. The first-order valence-corrected chi connectivity index (χ1v) is 4.09. The molecule has 0 aliphatic carbocycles. The Morgan fingerprint density at radius 3 is 2.38 bits per heavy atom. The Labute approximate surface area is 80.9 Å². The van der Waals surface area contributed by atoms with E-state index in [1.54, 1.807) is 24.3 Å². The fraction of sp³-hybridized carbons (Fsp3) is 0.222. The smallest absolute Gasteiger partial charge is 0.337 e. The van der Waals surface area contributed by atoms with Gasteiger partial charge in [0.2, 0.25) is 0 Å². The first-order valence-electron chi connectivity index (χ1n) is 3.65. The van der Waals surface area contributed by atoms with E-state index in [9.17, 15) is 4.79 Å². The molecule has 0 saturated heterocycles. The lowest BCUT2D eigenvalue weighted by molar-refractivity contribution is 0.0600. The molecule has 13 heavy (non-hydrogen) atoms. The molecule has 70 valence electrons. The van der Waals surface area contributed by atoms with Gasteiger partial charge in [0.25, 0.3) is 0 Å².